The Bertz CT molecular complexity index is 967. The third-order valence-electron chi connectivity index (χ3n) is 5.08. The maximum atomic E-state index is 12.6. The molecular weight excluding hydrogens is 386 g/mol. The highest BCUT2D eigenvalue weighted by atomic mass is 32.2. The summed E-state index contributed by atoms with van der Waals surface area (Å²) in [6.45, 7) is 5.21. The summed E-state index contributed by atoms with van der Waals surface area (Å²) < 4.78 is 25.8. The highest BCUT2D eigenvalue weighted by molar-refractivity contribution is 7.89. The first-order valence-corrected chi connectivity index (χ1v) is 11.2. The molecule has 0 aromatic heterocycles. The Morgan fingerprint density at radius 1 is 0.966 bits per heavy atom. The summed E-state index contributed by atoms with van der Waals surface area (Å²) in [5, 5.41) is 0. The van der Waals surface area contributed by atoms with E-state index in [1.165, 1.54) is 30.4 Å². The van der Waals surface area contributed by atoms with Gasteiger partial charge in [0, 0.05) is 37.9 Å². The predicted molar refractivity (Wildman–Crippen MR) is 116 cm³/mol. The minimum Gasteiger partial charge on any atom is -0.370 e. The normalized spacial score (nSPS) is 15.5. The molecule has 3 rings (SSSR count). The molecule has 0 radical (unpaired) electrons. The summed E-state index contributed by atoms with van der Waals surface area (Å²) in [4.78, 5) is 17.0. The van der Waals surface area contributed by atoms with Crippen molar-refractivity contribution in [3.63, 3.8) is 0 Å². The van der Waals surface area contributed by atoms with Crippen LogP contribution in [-0.4, -0.2) is 52.5 Å². The number of carbonyl (C=O) groups excluding carboxylic acids is 1. The molecule has 29 heavy (non-hydrogen) atoms. The number of aryl methyl sites for hydroxylation is 1. The summed E-state index contributed by atoms with van der Waals surface area (Å²) in [5.74, 6) is -0.0253. The fourth-order valence-corrected chi connectivity index (χ4v) is 4.03. The molecule has 0 aliphatic carbocycles. The molecular formula is C22H27N3O3S. The van der Waals surface area contributed by atoms with Gasteiger partial charge in [0.05, 0.1) is 4.90 Å². The zero-order valence-electron chi connectivity index (χ0n) is 16.8. The van der Waals surface area contributed by atoms with Crippen LogP contribution in [0.15, 0.2) is 59.5 Å². The van der Waals surface area contributed by atoms with Crippen LogP contribution in [0.2, 0.25) is 0 Å². The van der Waals surface area contributed by atoms with Crippen LogP contribution < -0.4 is 9.62 Å². The van der Waals surface area contributed by atoms with Gasteiger partial charge in [0.15, 0.2) is 0 Å². The van der Waals surface area contributed by atoms with Crippen molar-refractivity contribution >= 4 is 27.7 Å². The van der Waals surface area contributed by atoms with Crippen LogP contribution >= 0.6 is 0 Å². The van der Waals surface area contributed by atoms with E-state index < -0.39 is 10.0 Å². The molecule has 1 fully saturated rings. The molecule has 1 N–H and O–H groups in total. The minimum atomic E-state index is -3.45. The molecule has 6 nitrogen and oxygen atoms in total. The van der Waals surface area contributed by atoms with Gasteiger partial charge in [-0.15, -0.1) is 0 Å². The maximum Gasteiger partial charge on any atom is 0.246 e. The number of hydrogen-bond acceptors (Lipinski definition) is 4. The SMILES string of the molecule is CNS(=O)(=O)c1ccc(/C=C/C(=O)N2CCCN(c3ccc(C)cc3)CC2)cc1. The molecule has 0 saturated carbocycles. The first-order chi connectivity index (χ1) is 13.9. The number of hydrogen-bond donors (Lipinski definition) is 1. The molecule has 2 aromatic rings. The first-order valence-electron chi connectivity index (χ1n) is 9.71. The lowest BCUT2D eigenvalue weighted by atomic mass is 10.2. The molecule has 1 aliphatic heterocycles. The summed E-state index contributed by atoms with van der Waals surface area (Å²) in [6, 6.07) is 14.9. The van der Waals surface area contributed by atoms with E-state index in [1.54, 1.807) is 24.3 Å². The van der Waals surface area contributed by atoms with E-state index in [4.69, 9.17) is 0 Å². The summed E-state index contributed by atoms with van der Waals surface area (Å²) in [6.07, 6.45) is 4.20. The van der Waals surface area contributed by atoms with Crippen LogP contribution in [-0.2, 0) is 14.8 Å². The van der Waals surface area contributed by atoms with Crippen LogP contribution in [0, 0.1) is 6.92 Å². The van der Waals surface area contributed by atoms with Crippen LogP contribution in [0.4, 0.5) is 5.69 Å². The van der Waals surface area contributed by atoms with Crippen molar-refractivity contribution < 1.29 is 13.2 Å². The van der Waals surface area contributed by atoms with Crippen molar-refractivity contribution in [3.05, 3.63) is 65.7 Å². The highest BCUT2D eigenvalue weighted by Gasteiger charge is 2.18. The molecule has 154 valence electrons. The molecule has 1 aliphatic rings. The number of benzene rings is 2. The standard InChI is InChI=1S/C22H27N3O3S/c1-18-4-9-20(10-5-18)24-14-3-15-25(17-16-24)22(26)13-8-19-6-11-21(12-7-19)29(27,28)23-2/h4-13,23H,3,14-17H2,1-2H3/b13-8+. The van der Waals surface area contributed by atoms with Crippen LogP contribution in [0.3, 0.4) is 0 Å². The monoisotopic (exact) mass is 413 g/mol. The van der Waals surface area contributed by atoms with Crippen molar-refractivity contribution in [1.29, 1.82) is 0 Å². The number of carbonyl (C=O) groups is 1. The number of anilines is 1. The van der Waals surface area contributed by atoms with Gasteiger partial charge in [0.2, 0.25) is 15.9 Å². The molecule has 0 atom stereocenters. The second-order valence-electron chi connectivity index (χ2n) is 7.11. The lowest BCUT2D eigenvalue weighted by Gasteiger charge is -2.23. The highest BCUT2D eigenvalue weighted by Crippen LogP contribution is 2.17. The summed E-state index contributed by atoms with van der Waals surface area (Å²) >= 11 is 0. The number of nitrogens with zero attached hydrogens (tertiary/aromatic N) is 2. The van der Waals surface area contributed by atoms with E-state index in [2.05, 4.69) is 40.8 Å². The molecule has 0 unspecified atom stereocenters. The van der Waals surface area contributed by atoms with E-state index in [9.17, 15) is 13.2 Å². The van der Waals surface area contributed by atoms with Gasteiger partial charge < -0.3 is 9.80 Å². The summed E-state index contributed by atoms with van der Waals surface area (Å²) in [5.41, 5.74) is 3.21. The van der Waals surface area contributed by atoms with Crippen LogP contribution in [0.5, 0.6) is 0 Å². The molecule has 7 heteroatoms. The van der Waals surface area contributed by atoms with Crippen molar-refractivity contribution in [2.24, 2.45) is 0 Å². The Morgan fingerprint density at radius 3 is 2.31 bits per heavy atom. The van der Waals surface area contributed by atoms with E-state index >= 15 is 0 Å². The average Bonchev–Trinajstić information content (AvgIpc) is 2.99. The van der Waals surface area contributed by atoms with Gasteiger partial charge in [0.25, 0.3) is 0 Å². The van der Waals surface area contributed by atoms with Crippen LogP contribution in [0.25, 0.3) is 6.08 Å². The second-order valence-corrected chi connectivity index (χ2v) is 9.00. The zero-order chi connectivity index (χ0) is 20.9. The lowest BCUT2D eigenvalue weighted by molar-refractivity contribution is -0.125. The van der Waals surface area contributed by atoms with E-state index in [0.29, 0.717) is 6.54 Å². The third kappa shape index (κ3) is 5.46. The van der Waals surface area contributed by atoms with Gasteiger partial charge in [-0.05, 0) is 56.3 Å². The third-order valence-corrected chi connectivity index (χ3v) is 6.51. The van der Waals surface area contributed by atoms with Crippen LogP contribution in [0.1, 0.15) is 17.5 Å². The number of sulfonamides is 1. The number of rotatable bonds is 5. The Balaban J connectivity index is 1.60. The van der Waals surface area contributed by atoms with E-state index in [-0.39, 0.29) is 10.8 Å². The topological polar surface area (TPSA) is 69.7 Å². The largest absolute Gasteiger partial charge is 0.370 e. The smallest absolute Gasteiger partial charge is 0.246 e. The van der Waals surface area contributed by atoms with Gasteiger partial charge >= 0.3 is 0 Å². The predicted octanol–water partition coefficient (Wildman–Crippen LogP) is 2.66. The van der Waals surface area contributed by atoms with Gasteiger partial charge in [-0.1, -0.05) is 29.8 Å². The van der Waals surface area contributed by atoms with Crippen molar-refractivity contribution in [1.82, 2.24) is 9.62 Å². The number of amides is 1. The second kappa shape index (κ2) is 9.24. The molecule has 1 saturated heterocycles. The maximum absolute atomic E-state index is 12.6. The fraction of sp³-hybridized carbons (Fsp3) is 0.318. The lowest BCUT2D eigenvalue weighted by Crippen LogP contribution is -2.34. The minimum absolute atomic E-state index is 0.0253. The Morgan fingerprint density at radius 2 is 1.66 bits per heavy atom. The molecule has 2 aromatic carbocycles. The van der Waals surface area contributed by atoms with Crippen molar-refractivity contribution in [3.8, 4) is 0 Å². The Kier molecular flexibility index (Phi) is 6.71. The fourth-order valence-electron chi connectivity index (χ4n) is 3.30. The van der Waals surface area contributed by atoms with Crippen molar-refractivity contribution in [2.75, 3.05) is 38.1 Å². The average molecular weight is 414 g/mol. The van der Waals surface area contributed by atoms with Gasteiger partial charge in [-0.25, -0.2) is 13.1 Å². The molecule has 1 heterocycles. The Labute approximate surface area is 172 Å². The Hall–Kier alpha value is -2.64. The van der Waals surface area contributed by atoms with Gasteiger partial charge in [-0.3, -0.25) is 4.79 Å². The van der Waals surface area contributed by atoms with E-state index in [1.807, 2.05) is 4.90 Å². The quantitative estimate of drug-likeness (QED) is 0.765. The molecule has 0 spiro atoms. The van der Waals surface area contributed by atoms with Gasteiger partial charge in [-0.2, -0.15) is 0 Å². The molecule has 1 amide bonds. The first kappa shape index (κ1) is 21.1. The molecule has 0 bridgehead atoms. The van der Waals surface area contributed by atoms with E-state index in [0.717, 1.165) is 31.6 Å². The van der Waals surface area contributed by atoms with Gasteiger partial charge in [0.1, 0.15) is 0 Å². The summed E-state index contributed by atoms with van der Waals surface area (Å²) in [7, 11) is -2.07. The zero-order valence-corrected chi connectivity index (χ0v) is 17.7. The van der Waals surface area contributed by atoms with Crippen molar-refractivity contribution in [2.45, 2.75) is 18.2 Å². The number of nitrogens with one attached hydrogen (secondary N) is 1.